The second-order valence-electron chi connectivity index (χ2n) is 4.34. The first kappa shape index (κ1) is 11.4. The van der Waals surface area contributed by atoms with Crippen molar-refractivity contribution in [3.8, 4) is 0 Å². The van der Waals surface area contributed by atoms with E-state index < -0.39 is 0 Å². The van der Waals surface area contributed by atoms with Crippen LogP contribution in [0.15, 0.2) is 10.7 Å². The van der Waals surface area contributed by atoms with Gasteiger partial charge in [-0.05, 0) is 25.7 Å². The molecule has 5 heteroatoms. The molecule has 1 atom stereocenters. The van der Waals surface area contributed by atoms with E-state index in [0.29, 0.717) is 17.6 Å². The lowest BCUT2D eigenvalue weighted by molar-refractivity contribution is 0.109. The summed E-state index contributed by atoms with van der Waals surface area (Å²) in [5.41, 5.74) is 0.563. The van der Waals surface area contributed by atoms with E-state index in [1.807, 2.05) is 6.92 Å². The largest absolute Gasteiger partial charge is 0.432 e. The first-order chi connectivity index (χ1) is 7.70. The molecule has 0 aliphatic carbocycles. The number of oxazole rings is 1. The van der Waals surface area contributed by atoms with Gasteiger partial charge in [0, 0.05) is 13.1 Å². The molecule has 0 aromatic carbocycles. The Morgan fingerprint density at radius 1 is 1.56 bits per heavy atom. The summed E-state index contributed by atoms with van der Waals surface area (Å²) in [6, 6.07) is 0.577. The Morgan fingerprint density at radius 2 is 2.25 bits per heavy atom. The van der Waals surface area contributed by atoms with Crippen molar-refractivity contribution in [2.45, 2.75) is 32.5 Å². The monoisotopic (exact) mass is 226 g/mol. The normalized spacial score (nSPS) is 20.1. The highest BCUT2D eigenvalue weighted by Crippen LogP contribution is 2.24. The second kappa shape index (κ2) is 4.84. The molecule has 0 spiro atoms. The van der Waals surface area contributed by atoms with Crippen molar-refractivity contribution in [1.29, 1.82) is 0 Å². The predicted octanol–water partition coefficient (Wildman–Crippen LogP) is 0.764. The van der Waals surface area contributed by atoms with E-state index in [1.165, 1.54) is 6.26 Å². The summed E-state index contributed by atoms with van der Waals surface area (Å²) < 4.78 is 5.28. The fourth-order valence-electron chi connectivity index (χ4n) is 2.09. The molecule has 0 radical (unpaired) electrons. The van der Waals surface area contributed by atoms with Gasteiger partial charge in [-0.25, -0.2) is 0 Å². The average Bonchev–Trinajstić information content (AvgIpc) is 2.77. The van der Waals surface area contributed by atoms with Crippen molar-refractivity contribution in [3.63, 3.8) is 0 Å². The zero-order chi connectivity index (χ0) is 11.5. The molecule has 2 heterocycles. The van der Waals surface area contributed by atoms with Gasteiger partial charge in [-0.3, -0.25) is 0 Å². The number of nitrogens with zero attached hydrogens (tertiary/aromatic N) is 2. The number of hydrogen-bond acceptors (Lipinski definition) is 5. The quantitative estimate of drug-likeness (QED) is 0.796. The molecule has 1 unspecified atom stereocenters. The Morgan fingerprint density at radius 3 is 2.75 bits per heavy atom. The number of piperidine rings is 1. The van der Waals surface area contributed by atoms with E-state index in [1.54, 1.807) is 0 Å². The molecule has 1 saturated heterocycles. The Balaban J connectivity index is 1.93. The third kappa shape index (κ3) is 2.36. The van der Waals surface area contributed by atoms with Crippen LogP contribution in [0.2, 0.25) is 0 Å². The fourth-order valence-corrected chi connectivity index (χ4v) is 2.09. The molecule has 1 aliphatic rings. The highest BCUT2D eigenvalue weighted by molar-refractivity contribution is 5.27. The fraction of sp³-hybridized carbons (Fsp3) is 0.727. The van der Waals surface area contributed by atoms with Crippen LogP contribution in [0.3, 0.4) is 0 Å². The van der Waals surface area contributed by atoms with Gasteiger partial charge in [-0.2, -0.15) is 4.98 Å². The van der Waals surface area contributed by atoms with Crippen LogP contribution >= 0.6 is 0 Å². The molecule has 16 heavy (non-hydrogen) atoms. The maximum Gasteiger partial charge on any atom is 0.297 e. The molecular weight excluding hydrogens is 208 g/mol. The second-order valence-corrected chi connectivity index (χ2v) is 4.34. The van der Waals surface area contributed by atoms with Crippen LogP contribution in [-0.2, 0) is 6.61 Å². The number of anilines is 1. The molecular formula is C11H18N2O3. The minimum absolute atomic E-state index is 0.0896. The number of aliphatic hydroxyl groups excluding tert-OH is 2. The van der Waals surface area contributed by atoms with Gasteiger partial charge in [-0.1, -0.05) is 0 Å². The highest BCUT2D eigenvalue weighted by Gasteiger charge is 2.24. The molecule has 1 aromatic heterocycles. The summed E-state index contributed by atoms with van der Waals surface area (Å²) in [5.74, 6) is 0.378. The van der Waals surface area contributed by atoms with Crippen LogP contribution in [0.25, 0.3) is 0 Å². The molecule has 0 bridgehead atoms. The number of rotatable bonds is 3. The Bertz CT molecular complexity index is 330. The van der Waals surface area contributed by atoms with E-state index in [2.05, 4.69) is 9.88 Å². The van der Waals surface area contributed by atoms with E-state index >= 15 is 0 Å². The number of hydrogen-bond donors (Lipinski definition) is 2. The molecule has 2 N–H and O–H groups in total. The Hall–Kier alpha value is -1.07. The predicted molar refractivity (Wildman–Crippen MR) is 59.0 cm³/mol. The van der Waals surface area contributed by atoms with Crippen molar-refractivity contribution in [2.75, 3.05) is 18.0 Å². The minimum Gasteiger partial charge on any atom is -0.432 e. The number of aromatic nitrogens is 1. The van der Waals surface area contributed by atoms with Crippen molar-refractivity contribution in [3.05, 3.63) is 12.0 Å². The van der Waals surface area contributed by atoms with Gasteiger partial charge in [0.1, 0.15) is 12.0 Å². The van der Waals surface area contributed by atoms with Gasteiger partial charge in [0.25, 0.3) is 6.01 Å². The SMILES string of the molecule is CC(O)C1CCN(c2nc(CO)co2)CC1. The number of aliphatic hydroxyl groups is 2. The third-order valence-electron chi connectivity index (χ3n) is 3.19. The van der Waals surface area contributed by atoms with Crippen LogP contribution in [0, 0.1) is 5.92 Å². The van der Waals surface area contributed by atoms with Crippen LogP contribution in [0.4, 0.5) is 6.01 Å². The smallest absolute Gasteiger partial charge is 0.297 e. The van der Waals surface area contributed by atoms with Crippen LogP contribution in [0.1, 0.15) is 25.5 Å². The lowest BCUT2D eigenvalue weighted by Gasteiger charge is -2.32. The van der Waals surface area contributed by atoms with E-state index in [9.17, 15) is 5.11 Å². The van der Waals surface area contributed by atoms with Crippen molar-refractivity contribution in [2.24, 2.45) is 5.92 Å². The molecule has 2 rings (SSSR count). The minimum atomic E-state index is -0.236. The molecule has 0 amide bonds. The van der Waals surface area contributed by atoms with Gasteiger partial charge in [0.2, 0.25) is 0 Å². The van der Waals surface area contributed by atoms with E-state index in [0.717, 1.165) is 25.9 Å². The van der Waals surface area contributed by atoms with Crippen LogP contribution < -0.4 is 4.90 Å². The summed E-state index contributed by atoms with van der Waals surface area (Å²) in [4.78, 5) is 6.22. The Kier molecular flexibility index (Phi) is 3.46. The average molecular weight is 226 g/mol. The molecule has 0 saturated carbocycles. The van der Waals surface area contributed by atoms with Gasteiger partial charge >= 0.3 is 0 Å². The van der Waals surface area contributed by atoms with Gasteiger partial charge in [0.15, 0.2) is 0 Å². The molecule has 90 valence electrons. The lowest BCUT2D eigenvalue weighted by Crippen LogP contribution is -2.37. The van der Waals surface area contributed by atoms with Gasteiger partial charge in [-0.15, -0.1) is 0 Å². The summed E-state index contributed by atoms with van der Waals surface area (Å²) in [5, 5.41) is 18.4. The highest BCUT2D eigenvalue weighted by atomic mass is 16.4. The molecule has 1 fully saturated rings. The topological polar surface area (TPSA) is 69.7 Å². The maximum atomic E-state index is 9.49. The first-order valence-corrected chi connectivity index (χ1v) is 5.69. The first-order valence-electron chi connectivity index (χ1n) is 5.69. The van der Waals surface area contributed by atoms with E-state index in [-0.39, 0.29) is 12.7 Å². The van der Waals surface area contributed by atoms with Gasteiger partial charge < -0.3 is 19.5 Å². The summed E-state index contributed by atoms with van der Waals surface area (Å²) in [6.07, 6.45) is 3.15. The summed E-state index contributed by atoms with van der Waals surface area (Å²) in [6.45, 7) is 3.45. The Labute approximate surface area is 94.7 Å². The van der Waals surface area contributed by atoms with Crippen molar-refractivity contribution in [1.82, 2.24) is 4.98 Å². The summed E-state index contributed by atoms with van der Waals surface area (Å²) >= 11 is 0. The van der Waals surface area contributed by atoms with Crippen LogP contribution in [0.5, 0.6) is 0 Å². The van der Waals surface area contributed by atoms with E-state index in [4.69, 9.17) is 9.52 Å². The van der Waals surface area contributed by atoms with Crippen LogP contribution in [-0.4, -0.2) is 34.4 Å². The van der Waals surface area contributed by atoms with Gasteiger partial charge in [0.05, 0.1) is 12.7 Å². The van der Waals surface area contributed by atoms with Crippen molar-refractivity contribution >= 4 is 6.01 Å². The molecule has 1 aliphatic heterocycles. The lowest BCUT2D eigenvalue weighted by atomic mass is 9.92. The standard InChI is InChI=1S/C11H18N2O3/c1-8(15)9-2-4-13(5-3-9)11-12-10(6-14)7-16-11/h7-9,14-15H,2-6H2,1H3. The molecule has 5 nitrogen and oxygen atoms in total. The zero-order valence-electron chi connectivity index (χ0n) is 9.46. The molecule has 1 aromatic rings. The maximum absolute atomic E-state index is 9.49. The zero-order valence-corrected chi connectivity index (χ0v) is 9.46. The van der Waals surface area contributed by atoms with Crippen molar-refractivity contribution < 1.29 is 14.6 Å². The summed E-state index contributed by atoms with van der Waals surface area (Å²) in [7, 11) is 0. The third-order valence-corrected chi connectivity index (χ3v) is 3.19.